The normalized spacial score (nSPS) is 11.9. The molecular formula is C17H32. The Morgan fingerprint density at radius 2 is 1.00 bits per heavy atom. The largest absolute Gasteiger partial charge is 0.0882 e. The summed E-state index contributed by atoms with van der Waals surface area (Å²) in [6.45, 7) is 4.53. The molecule has 0 rings (SSSR count). The summed E-state index contributed by atoms with van der Waals surface area (Å²) in [5.74, 6) is 0. The molecule has 0 N–H and O–H groups in total. The monoisotopic (exact) mass is 236 g/mol. The van der Waals surface area contributed by atoms with Crippen molar-refractivity contribution in [1.82, 2.24) is 0 Å². The fraction of sp³-hybridized carbons (Fsp3) is 0.765. The molecule has 0 heteroatoms. The molecule has 0 spiro atoms. The highest BCUT2D eigenvalue weighted by Gasteiger charge is 1.86. The van der Waals surface area contributed by atoms with Crippen molar-refractivity contribution >= 4 is 0 Å². The molecule has 0 aromatic heterocycles. The number of hydrogen-bond acceptors (Lipinski definition) is 0. The Bertz CT molecular complexity index is 176. The maximum atomic E-state index is 2.35. The highest BCUT2D eigenvalue weighted by molar-refractivity contribution is 4.92. The molecule has 0 saturated carbocycles. The van der Waals surface area contributed by atoms with Gasteiger partial charge in [-0.25, -0.2) is 0 Å². The first kappa shape index (κ1) is 16.5. The minimum atomic E-state index is 1.13. The minimum absolute atomic E-state index is 1.13. The first-order valence-corrected chi connectivity index (χ1v) is 7.71. The third-order valence-corrected chi connectivity index (χ3v) is 3.05. The zero-order chi connectivity index (χ0) is 12.6. The maximum Gasteiger partial charge on any atom is -0.0169 e. The minimum Gasteiger partial charge on any atom is -0.0882 e. The van der Waals surface area contributed by atoms with E-state index < -0.39 is 0 Å². The van der Waals surface area contributed by atoms with E-state index in [0.29, 0.717) is 0 Å². The van der Waals surface area contributed by atoms with Crippen molar-refractivity contribution in [2.24, 2.45) is 0 Å². The van der Waals surface area contributed by atoms with Gasteiger partial charge in [0.25, 0.3) is 0 Å². The van der Waals surface area contributed by atoms with Gasteiger partial charge in [-0.3, -0.25) is 0 Å². The molecule has 0 unspecified atom stereocenters. The molecule has 0 atom stereocenters. The molecule has 0 fully saturated rings. The Balaban J connectivity index is 3.13. The van der Waals surface area contributed by atoms with Crippen LogP contribution in [0.5, 0.6) is 0 Å². The molecule has 0 aromatic carbocycles. The molecule has 17 heavy (non-hydrogen) atoms. The summed E-state index contributed by atoms with van der Waals surface area (Å²) >= 11 is 0. The average Bonchev–Trinajstić information content (AvgIpc) is 2.35. The molecule has 0 nitrogen and oxygen atoms in total. The fourth-order valence-electron chi connectivity index (χ4n) is 1.88. The summed E-state index contributed by atoms with van der Waals surface area (Å²) in [5, 5.41) is 0. The van der Waals surface area contributed by atoms with Gasteiger partial charge in [-0.2, -0.15) is 0 Å². The summed E-state index contributed by atoms with van der Waals surface area (Å²) in [4.78, 5) is 0. The molecule has 0 aliphatic rings. The van der Waals surface area contributed by atoms with Crippen LogP contribution in [0.25, 0.3) is 0 Å². The van der Waals surface area contributed by atoms with E-state index in [1.807, 2.05) is 0 Å². The van der Waals surface area contributed by atoms with E-state index >= 15 is 0 Å². The second-order valence-electron chi connectivity index (χ2n) is 4.88. The Kier molecular flexibility index (Phi) is 15.0. The van der Waals surface area contributed by atoms with Crippen LogP contribution in [0.4, 0.5) is 0 Å². The van der Waals surface area contributed by atoms with Crippen LogP contribution in [0, 0.1) is 0 Å². The van der Waals surface area contributed by atoms with Gasteiger partial charge < -0.3 is 0 Å². The van der Waals surface area contributed by atoms with E-state index in [-0.39, 0.29) is 0 Å². The van der Waals surface area contributed by atoms with Crippen molar-refractivity contribution in [3.8, 4) is 0 Å². The quantitative estimate of drug-likeness (QED) is 0.270. The second kappa shape index (κ2) is 15.5. The van der Waals surface area contributed by atoms with Gasteiger partial charge in [-0.1, -0.05) is 76.7 Å². The summed E-state index contributed by atoms with van der Waals surface area (Å²) in [6.07, 6.45) is 24.0. The molecule has 100 valence electrons. The molecular weight excluding hydrogens is 204 g/mol. The smallest absolute Gasteiger partial charge is 0.0169 e. The van der Waals surface area contributed by atoms with Crippen molar-refractivity contribution in [1.29, 1.82) is 0 Å². The highest BCUT2D eigenvalue weighted by atomic mass is 13.9. The Morgan fingerprint density at radius 1 is 0.529 bits per heavy atom. The lowest BCUT2D eigenvalue weighted by Gasteiger charge is -1.95. The van der Waals surface area contributed by atoms with Crippen LogP contribution in [0.2, 0.25) is 0 Å². The predicted octanol–water partition coefficient (Wildman–Crippen LogP) is 6.43. The van der Waals surface area contributed by atoms with Crippen molar-refractivity contribution in [3.05, 3.63) is 24.3 Å². The maximum absolute atomic E-state index is 2.35. The number of allylic oxidation sites excluding steroid dienone is 4. The zero-order valence-electron chi connectivity index (χ0n) is 12.1. The van der Waals surface area contributed by atoms with E-state index in [4.69, 9.17) is 0 Å². The first-order chi connectivity index (χ1) is 8.41. The van der Waals surface area contributed by atoms with Crippen LogP contribution in [0.3, 0.4) is 0 Å². The van der Waals surface area contributed by atoms with Gasteiger partial charge >= 0.3 is 0 Å². The van der Waals surface area contributed by atoms with E-state index in [9.17, 15) is 0 Å². The van der Waals surface area contributed by atoms with Crippen LogP contribution < -0.4 is 0 Å². The lowest BCUT2D eigenvalue weighted by Crippen LogP contribution is -1.75. The average molecular weight is 236 g/mol. The summed E-state index contributed by atoms with van der Waals surface area (Å²) in [5.41, 5.74) is 0. The molecule has 0 radical (unpaired) electrons. The third kappa shape index (κ3) is 15.5. The predicted molar refractivity (Wildman–Crippen MR) is 80.4 cm³/mol. The topological polar surface area (TPSA) is 0 Å². The first-order valence-electron chi connectivity index (χ1n) is 7.71. The molecule has 0 amide bonds. The van der Waals surface area contributed by atoms with Gasteiger partial charge in [-0.15, -0.1) is 0 Å². The summed E-state index contributed by atoms with van der Waals surface area (Å²) < 4.78 is 0. The molecule has 0 bridgehead atoms. The van der Waals surface area contributed by atoms with Crippen LogP contribution in [-0.4, -0.2) is 0 Å². The van der Waals surface area contributed by atoms with Crippen LogP contribution >= 0.6 is 0 Å². The summed E-state index contributed by atoms with van der Waals surface area (Å²) in [7, 11) is 0. The lowest BCUT2D eigenvalue weighted by atomic mass is 10.1. The van der Waals surface area contributed by atoms with Crippen LogP contribution in [-0.2, 0) is 0 Å². The SMILES string of the molecule is CCCCC/C=C/C/C=C\CCCCCCC. The molecule has 0 heterocycles. The third-order valence-electron chi connectivity index (χ3n) is 3.05. The van der Waals surface area contributed by atoms with Crippen molar-refractivity contribution < 1.29 is 0 Å². The highest BCUT2D eigenvalue weighted by Crippen LogP contribution is 2.06. The molecule has 0 saturated heterocycles. The van der Waals surface area contributed by atoms with E-state index in [0.717, 1.165) is 6.42 Å². The number of hydrogen-bond donors (Lipinski definition) is 0. The lowest BCUT2D eigenvalue weighted by molar-refractivity contribution is 0.637. The number of rotatable bonds is 12. The number of unbranched alkanes of at least 4 members (excludes halogenated alkanes) is 8. The van der Waals surface area contributed by atoms with E-state index in [1.165, 1.54) is 64.2 Å². The van der Waals surface area contributed by atoms with Gasteiger partial charge in [-0.05, 0) is 32.1 Å². The van der Waals surface area contributed by atoms with Crippen molar-refractivity contribution in [2.45, 2.75) is 84.5 Å². The van der Waals surface area contributed by atoms with E-state index in [1.54, 1.807) is 0 Å². The second-order valence-corrected chi connectivity index (χ2v) is 4.88. The zero-order valence-corrected chi connectivity index (χ0v) is 12.1. The Morgan fingerprint density at radius 3 is 1.59 bits per heavy atom. The molecule has 0 aliphatic heterocycles. The van der Waals surface area contributed by atoms with Crippen molar-refractivity contribution in [3.63, 3.8) is 0 Å². The van der Waals surface area contributed by atoms with Crippen molar-refractivity contribution in [2.75, 3.05) is 0 Å². The van der Waals surface area contributed by atoms with Gasteiger partial charge in [0.2, 0.25) is 0 Å². The van der Waals surface area contributed by atoms with Crippen LogP contribution in [0.1, 0.15) is 84.5 Å². The van der Waals surface area contributed by atoms with Crippen LogP contribution in [0.15, 0.2) is 24.3 Å². The van der Waals surface area contributed by atoms with Gasteiger partial charge in [0.15, 0.2) is 0 Å². The summed E-state index contributed by atoms with van der Waals surface area (Å²) in [6, 6.07) is 0. The van der Waals surface area contributed by atoms with Gasteiger partial charge in [0.1, 0.15) is 0 Å². The molecule has 0 aliphatic carbocycles. The standard InChI is InChI=1S/C17H32/c1-3-5-7-9-11-13-15-17-16-14-12-10-8-6-4-2/h11,13,16-17H,3-10,12,14-15H2,1-2H3/b13-11+,17-16-. The fourth-order valence-corrected chi connectivity index (χ4v) is 1.88. The van der Waals surface area contributed by atoms with E-state index in [2.05, 4.69) is 38.2 Å². The molecule has 0 aromatic rings. The Labute approximate surface area is 109 Å². The Hall–Kier alpha value is -0.520. The van der Waals surface area contributed by atoms with Gasteiger partial charge in [0, 0.05) is 0 Å². The van der Waals surface area contributed by atoms with Gasteiger partial charge in [0.05, 0.1) is 0 Å².